The van der Waals surface area contributed by atoms with Gasteiger partial charge in [0.15, 0.2) is 5.69 Å². The third-order valence-electron chi connectivity index (χ3n) is 3.88. The van der Waals surface area contributed by atoms with E-state index in [1.807, 2.05) is 26.0 Å². The first-order chi connectivity index (χ1) is 11.0. The molecule has 120 valence electrons. The molecule has 1 aliphatic heterocycles. The zero-order valence-electron chi connectivity index (χ0n) is 12.7. The average Bonchev–Trinajstić information content (AvgIpc) is 3.11. The number of rotatable bonds is 4. The molecule has 0 spiro atoms. The van der Waals surface area contributed by atoms with Gasteiger partial charge in [0.2, 0.25) is 5.91 Å². The van der Waals surface area contributed by atoms with Crippen molar-refractivity contribution >= 4 is 11.9 Å². The second kappa shape index (κ2) is 5.71. The molecule has 2 N–H and O–H groups in total. The van der Waals surface area contributed by atoms with Crippen LogP contribution in [0.1, 0.15) is 33.2 Å². The normalized spacial score (nSPS) is 15.8. The first-order valence-electron chi connectivity index (χ1n) is 7.11. The predicted octanol–water partition coefficient (Wildman–Crippen LogP) is 0.843. The highest BCUT2D eigenvalue weighted by molar-refractivity contribution is 5.84. The van der Waals surface area contributed by atoms with Crippen LogP contribution < -0.4 is 10.1 Å². The predicted molar refractivity (Wildman–Crippen MR) is 79.3 cm³/mol. The molecule has 1 unspecified atom stereocenters. The number of amides is 1. The Morgan fingerprint density at radius 1 is 1.43 bits per heavy atom. The van der Waals surface area contributed by atoms with Crippen LogP contribution in [0.25, 0.3) is 0 Å². The maximum Gasteiger partial charge on any atom is 0.358 e. The average molecular weight is 316 g/mol. The van der Waals surface area contributed by atoms with E-state index in [1.165, 1.54) is 10.9 Å². The van der Waals surface area contributed by atoms with Crippen molar-refractivity contribution in [1.82, 2.24) is 20.3 Å². The highest BCUT2D eigenvalue weighted by atomic mass is 16.5. The fourth-order valence-electron chi connectivity index (χ4n) is 2.51. The zero-order valence-corrected chi connectivity index (χ0v) is 12.7. The van der Waals surface area contributed by atoms with Crippen molar-refractivity contribution in [2.24, 2.45) is 0 Å². The molecule has 0 saturated carbocycles. The molecule has 0 aliphatic carbocycles. The quantitative estimate of drug-likeness (QED) is 0.866. The van der Waals surface area contributed by atoms with Crippen LogP contribution in [0, 0.1) is 13.8 Å². The summed E-state index contributed by atoms with van der Waals surface area (Å²) in [4.78, 5) is 22.8. The Labute approximate surface area is 132 Å². The van der Waals surface area contributed by atoms with Crippen molar-refractivity contribution in [3.8, 4) is 5.75 Å². The highest BCUT2D eigenvalue weighted by Crippen LogP contribution is 2.36. The fraction of sp³-hybridized carbons (Fsp3) is 0.333. The van der Waals surface area contributed by atoms with E-state index in [1.54, 1.807) is 0 Å². The second-order valence-electron chi connectivity index (χ2n) is 5.46. The van der Waals surface area contributed by atoms with Crippen molar-refractivity contribution in [3.63, 3.8) is 0 Å². The Hall–Kier alpha value is -2.90. The molecule has 8 nitrogen and oxygen atoms in total. The molecule has 1 amide bonds. The van der Waals surface area contributed by atoms with Gasteiger partial charge in [-0.3, -0.25) is 4.79 Å². The van der Waals surface area contributed by atoms with Crippen LogP contribution in [0.2, 0.25) is 0 Å². The Morgan fingerprint density at radius 2 is 2.22 bits per heavy atom. The molecule has 8 heteroatoms. The van der Waals surface area contributed by atoms with E-state index in [2.05, 4.69) is 15.6 Å². The number of ether oxygens (including phenoxy) is 1. The summed E-state index contributed by atoms with van der Waals surface area (Å²) in [5.74, 6) is -0.642. The van der Waals surface area contributed by atoms with Gasteiger partial charge in [-0.25, -0.2) is 9.48 Å². The number of aromatic nitrogens is 3. The van der Waals surface area contributed by atoms with Crippen molar-refractivity contribution in [2.75, 3.05) is 6.61 Å². The largest absolute Gasteiger partial charge is 0.490 e. The molecule has 1 atom stereocenters. The lowest BCUT2D eigenvalue weighted by Crippen LogP contribution is -2.32. The lowest BCUT2D eigenvalue weighted by molar-refractivity contribution is -0.122. The monoisotopic (exact) mass is 316 g/mol. The molecule has 0 bridgehead atoms. The third-order valence-corrected chi connectivity index (χ3v) is 3.88. The van der Waals surface area contributed by atoms with Gasteiger partial charge >= 0.3 is 5.97 Å². The molecule has 1 aliphatic rings. The maximum atomic E-state index is 12.1. The van der Waals surface area contributed by atoms with Crippen molar-refractivity contribution in [3.05, 3.63) is 40.7 Å². The summed E-state index contributed by atoms with van der Waals surface area (Å²) in [5.41, 5.74) is 2.96. The highest BCUT2D eigenvalue weighted by Gasteiger charge is 2.27. The summed E-state index contributed by atoms with van der Waals surface area (Å²) in [7, 11) is 0. The molecule has 0 radical (unpaired) electrons. The number of aromatic carboxylic acids is 1. The smallest absolute Gasteiger partial charge is 0.358 e. The van der Waals surface area contributed by atoms with Crippen LogP contribution >= 0.6 is 0 Å². The lowest BCUT2D eigenvalue weighted by atomic mass is 10.0. The van der Waals surface area contributed by atoms with Crippen molar-refractivity contribution in [2.45, 2.75) is 26.4 Å². The van der Waals surface area contributed by atoms with Gasteiger partial charge in [0.05, 0.1) is 12.2 Å². The summed E-state index contributed by atoms with van der Waals surface area (Å²) >= 11 is 0. The third kappa shape index (κ3) is 2.87. The first-order valence-corrected chi connectivity index (χ1v) is 7.11. The topological polar surface area (TPSA) is 106 Å². The van der Waals surface area contributed by atoms with E-state index < -0.39 is 5.97 Å². The number of fused-ring (bicyclic) bond motifs is 1. The van der Waals surface area contributed by atoms with E-state index in [0.717, 1.165) is 22.4 Å². The number of hydrogen-bond acceptors (Lipinski definition) is 5. The molecule has 1 aromatic heterocycles. The van der Waals surface area contributed by atoms with E-state index >= 15 is 0 Å². The number of nitrogens with zero attached hydrogens (tertiary/aromatic N) is 3. The van der Waals surface area contributed by atoms with Gasteiger partial charge in [-0.1, -0.05) is 17.3 Å². The molecule has 2 heterocycles. The Kier molecular flexibility index (Phi) is 3.73. The number of hydrogen-bond donors (Lipinski definition) is 2. The van der Waals surface area contributed by atoms with E-state index in [0.29, 0.717) is 6.61 Å². The summed E-state index contributed by atoms with van der Waals surface area (Å²) < 4.78 is 6.87. The molecule has 2 aromatic rings. The Morgan fingerprint density at radius 3 is 2.91 bits per heavy atom. The molecule has 3 rings (SSSR count). The zero-order chi connectivity index (χ0) is 16.6. The van der Waals surface area contributed by atoms with Crippen LogP contribution in [0.5, 0.6) is 5.75 Å². The molecule has 0 saturated heterocycles. The minimum absolute atomic E-state index is 0.100. The van der Waals surface area contributed by atoms with Crippen molar-refractivity contribution in [1.29, 1.82) is 0 Å². The van der Waals surface area contributed by atoms with Crippen LogP contribution in [0.15, 0.2) is 18.3 Å². The van der Waals surface area contributed by atoms with Crippen LogP contribution in [0.3, 0.4) is 0 Å². The number of carbonyl (C=O) groups excluding carboxylic acids is 1. The molecule has 23 heavy (non-hydrogen) atoms. The second-order valence-corrected chi connectivity index (χ2v) is 5.46. The van der Waals surface area contributed by atoms with E-state index in [9.17, 15) is 9.59 Å². The summed E-state index contributed by atoms with van der Waals surface area (Å²) in [6, 6.07) is 3.73. The fourth-order valence-corrected chi connectivity index (χ4v) is 2.51. The van der Waals surface area contributed by atoms with E-state index in [-0.39, 0.29) is 24.2 Å². The SMILES string of the molecule is Cc1ccc2c(c1C)OCC2NC(=O)Cn1cc(C(=O)O)nn1. The Balaban J connectivity index is 1.68. The van der Waals surface area contributed by atoms with Gasteiger partial charge in [-0.15, -0.1) is 5.10 Å². The van der Waals surface area contributed by atoms with Gasteiger partial charge in [-0.05, 0) is 25.0 Å². The standard InChI is InChI=1S/C15H16N4O4/c1-8-3-4-10-12(7-23-14(10)9(8)2)16-13(20)6-19-5-11(15(21)22)17-18-19/h3-5,12H,6-7H2,1-2H3,(H,16,20)(H,21,22). The lowest BCUT2D eigenvalue weighted by Gasteiger charge is -2.12. The maximum absolute atomic E-state index is 12.1. The van der Waals surface area contributed by atoms with Gasteiger partial charge in [0.1, 0.15) is 18.9 Å². The van der Waals surface area contributed by atoms with Gasteiger partial charge < -0.3 is 15.2 Å². The molecular weight excluding hydrogens is 300 g/mol. The summed E-state index contributed by atoms with van der Waals surface area (Å²) in [6.07, 6.45) is 1.22. The minimum Gasteiger partial charge on any atom is -0.490 e. The van der Waals surface area contributed by atoms with Crippen LogP contribution in [-0.4, -0.2) is 38.6 Å². The number of carboxylic acid groups (broad SMARTS) is 1. The van der Waals surface area contributed by atoms with Gasteiger partial charge in [0, 0.05) is 5.56 Å². The molecular formula is C15H16N4O4. The first kappa shape index (κ1) is 15.0. The summed E-state index contributed by atoms with van der Waals surface area (Å²) in [5, 5.41) is 18.7. The van der Waals surface area contributed by atoms with Gasteiger partial charge in [-0.2, -0.15) is 0 Å². The summed E-state index contributed by atoms with van der Waals surface area (Å²) in [6.45, 7) is 4.27. The number of carboxylic acids is 1. The van der Waals surface area contributed by atoms with Crippen molar-refractivity contribution < 1.29 is 19.4 Å². The van der Waals surface area contributed by atoms with Crippen LogP contribution in [-0.2, 0) is 11.3 Å². The molecule has 1 aromatic carbocycles. The van der Waals surface area contributed by atoms with Crippen LogP contribution in [0.4, 0.5) is 0 Å². The number of carbonyl (C=O) groups is 2. The Bertz CT molecular complexity index is 784. The molecule has 0 fully saturated rings. The van der Waals surface area contributed by atoms with E-state index in [4.69, 9.17) is 9.84 Å². The minimum atomic E-state index is -1.18. The number of nitrogens with one attached hydrogen (secondary N) is 1. The number of aryl methyl sites for hydroxylation is 1. The number of benzene rings is 1. The van der Waals surface area contributed by atoms with Gasteiger partial charge in [0.25, 0.3) is 0 Å².